The van der Waals surface area contributed by atoms with E-state index in [2.05, 4.69) is 20.6 Å². The second-order valence-electron chi connectivity index (χ2n) is 8.30. The number of carbonyl (C=O) groups is 2. The van der Waals surface area contributed by atoms with E-state index in [0.29, 0.717) is 5.56 Å². The van der Waals surface area contributed by atoms with Crippen molar-refractivity contribution in [2.24, 2.45) is 0 Å². The van der Waals surface area contributed by atoms with Gasteiger partial charge in [-0.25, -0.2) is 9.78 Å². The molecule has 0 aliphatic carbocycles. The summed E-state index contributed by atoms with van der Waals surface area (Å²) in [7, 11) is 0. The summed E-state index contributed by atoms with van der Waals surface area (Å²) in [6.07, 6.45) is -5.30. The van der Waals surface area contributed by atoms with E-state index in [1.807, 2.05) is 6.07 Å². The second-order valence-corrected chi connectivity index (χ2v) is 8.30. The van der Waals surface area contributed by atoms with E-state index in [-0.39, 0.29) is 19.0 Å². The lowest BCUT2D eigenvalue weighted by atomic mass is 10.0. The number of H-pyrrole nitrogens is 1. The number of nitrogens with zero attached hydrogens (tertiary/aromatic N) is 1. The van der Waals surface area contributed by atoms with E-state index in [0.717, 1.165) is 17.7 Å². The molecule has 0 unspecified atom stereocenters. The number of carbonyl (C=O) groups excluding carboxylic acids is 2. The molecule has 190 valence electrons. The van der Waals surface area contributed by atoms with Crippen LogP contribution in [-0.2, 0) is 29.6 Å². The van der Waals surface area contributed by atoms with Crippen molar-refractivity contribution in [3.05, 3.63) is 93.2 Å². The SMILES string of the molecule is CC(C)(NC(=O)OCc1ccccc1)c1nc(C(=O)NCc2ccc(C(F)(F)F)cc2)c(O)c(=O)[nH]1. The highest BCUT2D eigenvalue weighted by Crippen LogP contribution is 2.29. The molecule has 0 atom stereocenters. The molecule has 4 N–H and O–H groups in total. The van der Waals surface area contributed by atoms with Gasteiger partial charge in [-0.1, -0.05) is 42.5 Å². The molecule has 36 heavy (non-hydrogen) atoms. The molecule has 0 radical (unpaired) electrons. The van der Waals surface area contributed by atoms with Crippen LogP contribution >= 0.6 is 0 Å². The van der Waals surface area contributed by atoms with Gasteiger partial charge in [-0.05, 0) is 37.1 Å². The molecule has 0 fully saturated rings. The number of ether oxygens (including phenoxy) is 1. The van der Waals surface area contributed by atoms with Crippen LogP contribution in [0.4, 0.5) is 18.0 Å². The van der Waals surface area contributed by atoms with Crippen molar-refractivity contribution in [1.82, 2.24) is 20.6 Å². The summed E-state index contributed by atoms with van der Waals surface area (Å²) in [4.78, 5) is 43.4. The first-order chi connectivity index (χ1) is 16.9. The van der Waals surface area contributed by atoms with Crippen molar-refractivity contribution >= 4 is 12.0 Å². The first kappa shape index (κ1) is 26.3. The van der Waals surface area contributed by atoms with Gasteiger partial charge in [0.25, 0.3) is 11.5 Å². The summed E-state index contributed by atoms with van der Waals surface area (Å²) in [5, 5.41) is 15.0. The van der Waals surface area contributed by atoms with Crippen molar-refractivity contribution in [3.8, 4) is 5.75 Å². The third-order valence-corrected chi connectivity index (χ3v) is 5.06. The lowest BCUT2D eigenvalue weighted by molar-refractivity contribution is -0.137. The Morgan fingerprint density at radius 2 is 1.67 bits per heavy atom. The smallest absolute Gasteiger partial charge is 0.416 e. The van der Waals surface area contributed by atoms with Gasteiger partial charge in [-0.2, -0.15) is 13.2 Å². The first-order valence-electron chi connectivity index (χ1n) is 10.6. The summed E-state index contributed by atoms with van der Waals surface area (Å²) < 4.78 is 43.3. The number of amides is 2. The molecule has 12 heteroatoms. The number of alkyl halides is 3. The van der Waals surface area contributed by atoms with Crippen LogP contribution in [0.2, 0.25) is 0 Å². The number of nitrogens with one attached hydrogen (secondary N) is 3. The van der Waals surface area contributed by atoms with Crippen LogP contribution in [-0.4, -0.2) is 27.1 Å². The predicted octanol–water partition coefficient (Wildman–Crippen LogP) is 3.59. The van der Waals surface area contributed by atoms with Crippen molar-refractivity contribution in [1.29, 1.82) is 0 Å². The molecule has 1 aromatic heterocycles. The first-order valence-corrected chi connectivity index (χ1v) is 10.6. The van der Waals surface area contributed by atoms with Crippen LogP contribution in [0, 0.1) is 0 Å². The minimum absolute atomic E-state index is 0.000114. The molecule has 0 saturated heterocycles. The van der Waals surface area contributed by atoms with Crippen LogP contribution in [0.25, 0.3) is 0 Å². The van der Waals surface area contributed by atoms with Gasteiger partial charge in [0.05, 0.1) is 11.1 Å². The predicted molar refractivity (Wildman–Crippen MR) is 122 cm³/mol. The van der Waals surface area contributed by atoms with Gasteiger partial charge in [-0.15, -0.1) is 0 Å². The molecule has 0 aliphatic heterocycles. The Kier molecular flexibility index (Phi) is 7.66. The lowest BCUT2D eigenvalue weighted by Crippen LogP contribution is -2.44. The van der Waals surface area contributed by atoms with Crippen LogP contribution in [0.3, 0.4) is 0 Å². The zero-order chi connectivity index (χ0) is 26.5. The average Bonchev–Trinajstić information content (AvgIpc) is 2.83. The average molecular weight is 504 g/mol. The number of hydrogen-bond acceptors (Lipinski definition) is 6. The number of aromatic nitrogens is 2. The Labute approximate surface area is 203 Å². The highest BCUT2D eigenvalue weighted by Gasteiger charge is 2.31. The van der Waals surface area contributed by atoms with Crippen LogP contribution in [0.5, 0.6) is 5.75 Å². The van der Waals surface area contributed by atoms with Crippen molar-refractivity contribution in [2.75, 3.05) is 0 Å². The molecule has 2 amide bonds. The summed E-state index contributed by atoms with van der Waals surface area (Å²) in [6.45, 7) is 2.81. The topological polar surface area (TPSA) is 133 Å². The molecule has 0 spiro atoms. The molecule has 0 bridgehead atoms. The van der Waals surface area contributed by atoms with E-state index < -0.39 is 46.3 Å². The number of aromatic amines is 1. The third-order valence-electron chi connectivity index (χ3n) is 5.06. The summed E-state index contributed by atoms with van der Waals surface area (Å²) >= 11 is 0. The minimum atomic E-state index is -4.49. The maximum atomic E-state index is 12.7. The fraction of sp³-hybridized carbons (Fsp3) is 0.250. The van der Waals surface area contributed by atoms with Gasteiger partial charge in [0, 0.05) is 6.54 Å². The molecule has 2 aromatic carbocycles. The van der Waals surface area contributed by atoms with Gasteiger partial charge < -0.3 is 25.5 Å². The van der Waals surface area contributed by atoms with Crippen molar-refractivity contribution in [2.45, 2.75) is 38.7 Å². The number of halogens is 3. The standard InChI is InChI=1S/C24H23F3N4O5/c1-23(2,31-22(35)36-13-15-6-4-3-5-7-15)21-29-17(18(32)20(34)30-21)19(33)28-12-14-8-10-16(11-9-14)24(25,26)27/h3-11,32H,12-13H2,1-2H3,(H,28,33)(H,31,35)(H,29,30,34). The quantitative estimate of drug-likeness (QED) is 0.389. The number of hydrogen-bond donors (Lipinski definition) is 4. The summed E-state index contributed by atoms with van der Waals surface area (Å²) in [5.74, 6) is -2.03. The number of rotatable bonds is 7. The number of aromatic hydroxyl groups is 1. The van der Waals surface area contributed by atoms with Gasteiger partial charge in [-0.3, -0.25) is 9.59 Å². The molecule has 9 nitrogen and oxygen atoms in total. The Balaban J connectivity index is 1.70. The molecular weight excluding hydrogens is 481 g/mol. The molecular formula is C24H23F3N4O5. The van der Waals surface area contributed by atoms with Gasteiger partial charge >= 0.3 is 12.3 Å². The Morgan fingerprint density at radius 3 is 2.28 bits per heavy atom. The van der Waals surface area contributed by atoms with E-state index >= 15 is 0 Å². The monoisotopic (exact) mass is 504 g/mol. The van der Waals surface area contributed by atoms with Gasteiger partial charge in [0.2, 0.25) is 5.75 Å². The van der Waals surface area contributed by atoms with Crippen molar-refractivity contribution in [3.63, 3.8) is 0 Å². The van der Waals surface area contributed by atoms with Crippen LogP contribution in [0.15, 0.2) is 59.4 Å². The second kappa shape index (κ2) is 10.5. The Hall–Kier alpha value is -4.35. The van der Waals surface area contributed by atoms with E-state index in [1.165, 1.54) is 26.0 Å². The Morgan fingerprint density at radius 1 is 1.03 bits per heavy atom. The third kappa shape index (κ3) is 6.62. The lowest BCUT2D eigenvalue weighted by Gasteiger charge is -2.25. The van der Waals surface area contributed by atoms with Gasteiger partial charge in [0.1, 0.15) is 12.4 Å². The van der Waals surface area contributed by atoms with Crippen molar-refractivity contribution < 1.29 is 32.6 Å². The van der Waals surface area contributed by atoms with Crippen LogP contribution in [0.1, 0.15) is 46.9 Å². The fourth-order valence-corrected chi connectivity index (χ4v) is 3.07. The highest BCUT2D eigenvalue weighted by atomic mass is 19.4. The molecule has 1 heterocycles. The van der Waals surface area contributed by atoms with Gasteiger partial charge in [0.15, 0.2) is 5.69 Å². The van der Waals surface area contributed by atoms with E-state index in [9.17, 15) is 32.7 Å². The maximum absolute atomic E-state index is 12.7. The largest absolute Gasteiger partial charge is 0.501 e. The molecule has 3 aromatic rings. The summed E-state index contributed by atoms with van der Waals surface area (Å²) in [5.41, 5.74) is -2.69. The minimum Gasteiger partial charge on any atom is -0.501 e. The fourth-order valence-electron chi connectivity index (χ4n) is 3.07. The zero-order valence-electron chi connectivity index (χ0n) is 19.3. The highest BCUT2D eigenvalue weighted by molar-refractivity contribution is 5.94. The molecule has 0 saturated carbocycles. The number of benzene rings is 2. The van der Waals surface area contributed by atoms with Crippen LogP contribution < -0.4 is 16.2 Å². The molecule has 3 rings (SSSR count). The Bertz CT molecular complexity index is 1290. The molecule has 0 aliphatic rings. The summed E-state index contributed by atoms with van der Waals surface area (Å²) in [6, 6.07) is 13.0. The van der Waals surface area contributed by atoms with E-state index in [1.54, 1.807) is 24.3 Å². The zero-order valence-corrected chi connectivity index (χ0v) is 19.3. The normalized spacial score (nSPS) is 11.6. The van der Waals surface area contributed by atoms with E-state index in [4.69, 9.17) is 4.74 Å². The maximum Gasteiger partial charge on any atom is 0.416 e. The number of alkyl carbamates (subject to hydrolysis) is 1.